The van der Waals surface area contributed by atoms with E-state index in [4.69, 9.17) is 15.0 Å². The molecule has 0 saturated heterocycles. The number of halogens is 2. The third-order valence-electron chi connectivity index (χ3n) is 0.257. The minimum atomic E-state index is -4.58. The number of alkyl halides is 2. The highest BCUT2D eigenvalue weighted by atomic mass is 19.3. The van der Waals surface area contributed by atoms with Gasteiger partial charge in [-0.05, 0) is 0 Å². The molecule has 0 atom stereocenters. The van der Waals surface area contributed by atoms with E-state index in [-0.39, 0.29) is 0 Å². The summed E-state index contributed by atoms with van der Waals surface area (Å²) in [5.74, 6) is -2.53. The van der Waals surface area contributed by atoms with Crippen molar-refractivity contribution in [2.45, 2.75) is 6.11 Å². The fourth-order valence-electron chi connectivity index (χ4n) is 0. The molecule has 0 aromatic rings. The second kappa shape index (κ2) is 1.42. The molecule has 0 aromatic carbocycles. The summed E-state index contributed by atoms with van der Waals surface area (Å²) in [4.78, 5) is 9.02. The lowest BCUT2D eigenvalue weighted by Crippen LogP contribution is -2.26. The SMILES string of the molecule is O=C(O)C(O)(F)F. The maximum Gasteiger partial charge on any atom is 0.453 e. The van der Waals surface area contributed by atoms with E-state index in [9.17, 15) is 8.78 Å². The summed E-state index contributed by atoms with van der Waals surface area (Å²) in [6, 6.07) is 0. The Kier molecular flexibility index (Phi) is 1.27. The van der Waals surface area contributed by atoms with E-state index in [1.165, 1.54) is 0 Å². The fourth-order valence-corrected chi connectivity index (χ4v) is 0. The van der Waals surface area contributed by atoms with Gasteiger partial charge >= 0.3 is 12.1 Å². The van der Waals surface area contributed by atoms with Crippen LogP contribution in [0.2, 0.25) is 0 Å². The Morgan fingerprint density at radius 2 is 1.71 bits per heavy atom. The molecule has 7 heavy (non-hydrogen) atoms. The van der Waals surface area contributed by atoms with E-state index in [0.29, 0.717) is 0 Å². The summed E-state index contributed by atoms with van der Waals surface area (Å²) in [6.07, 6.45) is -4.58. The Balaban J connectivity index is 3.79. The molecule has 5 heteroatoms. The van der Waals surface area contributed by atoms with Gasteiger partial charge in [0.1, 0.15) is 0 Å². The first kappa shape index (κ1) is 6.29. The van der Waals surface area contributed by atoms with Gasteiger partial charge in [-0.25, -0.2) is 4.79 Å². The highest BCUT2D eigenvalue weighted by Crippen LogP contribution is 2.05. The second-order valence-electron chi connectivity index (χ2n) is 0.846. The van der Waals surface area contributed by atoms with Crippen LogP contribution in [0.15, 0.2) is 0 Å². The monoisotopic (exact) mass is 112 g/mol. The van der Waals surface area contributed by atoms with Crippen molar-refractivity contribution < 1.29 is 23.8 Å². The third-order valence-corrected chi connectivity index (χ3v) is 0.257. The van der Waals surface area contributed by atoms with Crippen LogP contribution in [0.25, 0.3) is 0 Å². The van der Waals surface area contributed by atoms with Gasteiger partial charge in [0.2, 0.25) is 0 Å². The van der Waals surface area contributed by atoms with Crippen LogP contribution in [0.5, 0.6) is 0 Å². The number of aliphatic hydroxyl groups is 1. The number of carbonyl (C=O) groups is 1. The summed E-state index contributed by atoms with van der Waals surface area (Å²) in [7, 11) is 0. The summed E-state index contributed by atoms with van der Waals surface area (Å²) in [6.45, 7) is 0. The van der Waals surface area contributed by atoms with Crippen LogP contribution in [-0.4, -0.2) is 22.3 Å². The van der Waals surface area contributed by atoms with Gasteiger partial charge < -0.3 is 10.2 Å². The van der Waals surface area contributed by atoms with Crippen LogP contribution in [0.3, 0.4) is 0 Å². The maximum absolute atomic E-state index is 10.8. The molecule has 3 nitrogen and oxygen atoms in total. The minimum Gasteiger partial charge on any atom is -0.475 e. The van der Waals surface area contributed by atoms with Crippen molar-refractivity contribution in [2.24, 2.45) is 0 Å². The molecule has 0 amide bonds. The van der Waals surface area contributed by atoms with Crippen molar-refractivity contribution in [3.05, 3.63) is 0 Å². The van der Waals surface area contributed by atoms with Gasteiger partial charge in [0.25, 0.3) is 0 Å². The molecule has 0 fully saturated rings. The Morgan fingerprint density at radius 1 is 1.57 bits per heavy atom. The van der Waals surface area contributed by atoms with E-state index in [1.54, 1.807) is 0 Å². The van der Waals surface area contributed by atoms with Crippen LogP contribution in [-0.2, 0) is 4.79 Å². The van der Waals surface area contributed by atoms with Crippen molar-refractivity contribution in [3.8, 4) is 0 Å². The molecule has 0 aliphatic rings. The molecule has 0 aliphatic heterocycles. The van der Waals surface area contributed by atoms with Gasteiger partial charge in [0.15, 0.2) is 0 Å². The number of aliphatic carboxylic acids is 1. The third kappa shape index (κ3) is 2.05. The van der Waals surface area contributed by atoms with E-state index in [2.05, 4.69) is 0 Å². The molecule has 2 N–H and O–H groups in total. The fraction of sp³-hybridized carbons (Fsp3) is 0.500. The van der Waals surface area contributed by atoms with Gasteiger partial charge in [-0.15, -0.1) is 0 Å². The molecule has 0 spiro atoms. The topological polar surface area (TPSA) is 57.5 Å². The zero-order valence-corrected chi connectivity index (χ0v) is 3.06. The molecular formula is C2H2F2O3. The summed E-state index contributed by atoms with van der Waals surface area (Å²) < 4.78 is 21.6. The molecule has 42 valence electrons. The molecule has 0 saturated carbocycles. The number of rotatable bonds is 1. The van der Waals surface area contributed by atoms with E-state index >= 15 is 0 Å². The van der Waals surface area contributed by atoms with E-state index in [1.807, 2.05) is 0 Å². The molecule has 0 rings (SSSR count). The lowest BCUT2D eigenvalue weighted by molar-refractivity contribution is -0.222. The molecule has 0 radical (unpaired) electrons. The number of carboxylic acid groups (broad SMARTS) is 1. The predicted octanol–water partition coefficient (Wildman–Crippen LogP) is -0.344. The average molecular weight is 112 g/mol. The summed E-state index contributed by atoms with van der Waals surface area (Å²) in [5, 5.41) is 14.4. The van der Waals surface area contributed by atoms with E-state index in [0.717, 1.165) is 0 Å². The first-order valence-corrected chi connectivity index (χ1v) is 1.28. The van der Waals surface area contributed by atoms with Gasteiger partial charge in [0, 0.05) is 0 Å². The number of hydrogen-bond acceptors (Lipinski definition) is 2. The molecule has 0 aliphatic carbocycles. The highest BCUT2D eigenvalue weighted by Gasteiger charge is 2.35. The largest absolute Gasteiger partial charge is 0.475 e. The van der Waals surface area contributed by atoms with Crippen molar-refractivity contribution in [1.29, 1.82) is 0 Å². The molecular weight excluding hydrogens is 110 g/mol. The van der Waals surface area contributed by atoms with Crippen LogP contribution < -0.4 is 0 Å². The predicted molar refractivity (Wildman–Crippen MR) is 14.8 cm³/mol. The molecule has 0 bridgehead atoms. The molecule has 0 aromatic heterocycles. The van der Waals surface area contributed by atoms with Crippen molar-refractivity contribution in [2.75, 3.05) is 0 Å². The lowest BCUT2D eigenvalue weighted by Gasteiger charge is -1.97. The van der Waals surface area contributed by atoms with Crippen molar-refractivity contribution in [1.82, 2.24) is 0 Å². The molecule has 0 unspecified atom stereocenters. The van der Waals surface area contributed by atoms with Crippen LogP contribution in [0, 0.1) is 0 Å². The Labute approximate surface area is 37.2 Å². The summed E-state index contributed by atoms with van der Waals surface area (Å²) in [5.41, 5.74) is 0. The molecule has 0 heterocycles. The van der Waals surface area contributed by atoms with E-state index < -0.39 is 12.1 Å². The standard InChI is InChI=1S/C2H2F2O3/c3-2(4,7)1(5)6/h7H,(H,5,6). The maximum atomic E-state index is 10.8. The highest BCUT2D eigenvalue weighted by molar-refractivity contribution is 5.72. The lowest BCUT2D eigenvalue weighted by atomic mass is 10.7. The summed E-state index contributed by atoms with van der Waals surface area (Å²) >= 11 is 0. The zero-order valence-electron chi connectivity index (χ0n) is 3.06. The van der Waals surface area contributed by atoms with Gasteiger partial charge in [-0.3, -0.25) is 0 Å². The Morgan fingerprint density at radius 3 is 1.71 bits per heavy atom. The number of hydrogen-bond donors (Lipinski definition) is 2. The van der Waals surface area contributed by atoms with Gasteiger partial charge in [-0.1, -0.05) is 0 Å². The Hall–Kier alpha value is -0.710. The van der Waals surface area contributed by atoms with Gasteiger partial charge in [-0.2, -0.15) is 8.78 Å². The normalized spacial score (nSPS) is 11.3. The van der Waals surface area contributed by atoms with Crippen molar-refractivity contribution >= 4 is 5.97 Å². The van der Waals surface area contributed by atoms with Crippen LogP contribution in [0.1, 0.15) is 0 Å². The second-order valence-corrected chi connectivity index (χ2v) is 0.846. The minimum absolute atomic E-state index is 2.53. The van der Waals surface area contributed by atoms with Gasteiger partial charge in [0.05, 0.1) is 0 Å². The smallest absolute Gasteiger partial charge is 0.453 e. The van der Waals surface area contributed by atoms with Crippen LogP contribution >= 0.6 is 0 Å². The quantitative estimate of drug-likeness (QED) is 0.487. The zero-order chi connectivity index (χ0) is 6.08. The average Bonchev–Trinajstić information content (AvgIpc) is 1.31. The van der Waals surface area contributed by atoms with Crippen LogP contribution in [0.4, 0.5) is 8.78 Å². The first-order valence-electron chi connectivity index (χ1n) is 1.28. The number of carboxylic acids is 1. The first-order chi connectivity index (χ1) is 2.94. The van der Waals surface area contributed by atoms with Crippen molar-refractivity contribution in [3.63, 3.8) is 0 Å². The Bertz CT molecular complexity index is 83.4.